The maximum atomic E-state index is 6.25. The quantitative estimate of drug-likeness (QED) is 0.784. The molecule has 0 spiro atoms. The second-order valence-electron chi connectivity index (χ2n) is 5.63. The molecule has 0 saturated heterocycles. The molecule has 0 atom stereocenters. The van der Waals surface area contributed by atoms with Gasteiger partial charge in [0.1, 0.15) is 5.15 Å². The van der Waals surface area contributed by atoms with Gasteiger partial charge >= 0.3 is 0 Å². The topological polar surface area (TPSA) is 29.0 Å². The van der Waals surface area contributed by atoms with Crippen LogP contribution in [0.25, 0.3) is 11.4 Å². The average Bonchev–Trinajstić information content (AvgIpc) is 2.50. The number of nitrogens with zero attached hydrogens (tertiary/aromatic N) is 3. The Labute approximate surface area is 131 Å². The van der Waals surface area contributed by atoms with E-state index in [1.54, 1.807) is 0 Å². The van der Waals surface area contributed by atoms with E-state index in [4.69, 9.17) is 11.6 Å². The molecule has 3 nitrogen and oxygen atoms in total. The van der Waals surface area contributed by atoms with E-state index >= 15 is 0 Å². The molecule has 1 aliphatic heterocycles. The lowest BCUT2D eigenvalue weighted by Gasteiger charge is -2.27. The number of aryl methyl sites for hydroxylation is 2. The highest BCUT2D eigenvalue weighted by Crippen LogP contribution is 2.30. The predicted molar refractivity (Wildman–Crippen MR) is 88.2 cm³/mol. The van der Waals surface area contributed by atoms with Crippen LogP contribution >= 0.6 is 11.6 Å². The first-order chi connectivity index (χ1) is 10.1. The number of halogens is 1. The second kappa shape index (κ2) is 5.64. The van der Waals surface area contributed by atoms with Crippen molar-refractivity contribution < 1.29 is 0 Å². The molecule has 1 aromatic heterocycles. The van der Waals surface area contributed by atoms with E-state index in [1.807, 2.05) is 6.92 Å². The molecule has 21 heavy (non-hydrogen) atoms. The fraction of sp³-hybridized carbons (Fsp3) is 0.412. The molecular weight excluding hydrogens is 282 g/mol. The maximum Gasteiger partial charge on any atom is 0.161 e. The fourth-order valence-electron chi connectivity index (χ4n) is 2.93. The van der Waals surface area contributed by atoms with Crippen LogP contribution in [0.3, 0.4) is 0 Å². The molecule has 0 radical (unpaired) electrons. The monoisotopic (exact) mass is 301 g/mol. The van der Waals surface area contributed by atoms with Crippen LogP contribution < -0.4 is 4.90 Å². The van der Waals surface area contributed by atoms with E-state index in [0.29, 0.717) is 5.15 Å². The molecule has 1 aliphatic rings. The summed E-state index contributed by atoms with van der Waals surface area (Å²) in [6, 6.07) is 6.49. The first-order valence-electron chi connectivity index (χ1n) is 7.47. The lowest BCUT2D eigenvalue weighted by atomic mass is 9.99. The number of fused-ring (bicyclic) bond motifs is 1. The van der Waals surface area contributed by atoms with Crippen LogP contribution in [0, 0.1) is 6.92 Å². The van der Waals surface area contributed by atoms with Gasteiger partial charge in [0.25, 0.3) is 0 Å². The molecule has 0 saturated carbocycles. The van der Waals surface area contributed by atoms with Gasteiger partial charge in [-0.05, 0) is 49.9 Å². The number of anilines is 1. The van der Waals surface area contributed by atoms with Gasteiger partial charge < -0.3 is 4.90 Å². The third-order valence-corrected chi connectivity index (χ3v) is 4.58. The largest absolute Gasteiger partial charge is 0.374 e. The van der Waals surface area contributed by atoms with Crippen molar-refractivity contribution in [3.05, 3.63) is 40.2 Å². The van der Waals surface area contributed by atoms with Crippen LogP contribution in [0.4, 0.5) is 5.69 Å². The number of benzene rings is 1. The molecule has 110 valence electrons. The van der Waals surface area contributed by atoms with Crippen molar-refractivity contribution in [2.45, 2.75) is 33.1 Å². The van der Waals surface area contributed by atoms with Crippen LogP contribution in [0.5, 0.6) is 0 Å². The Hall–Kier alpha value is -1.61. The Bertz CT molecular complexity index is 682. The molecule has 4 heteroatoms. The number of hydrogen-bond acceptors (Lipinski definition) is 3. The smallest absolute Gasteiger partial charge is 0.161 e. The Balaban J connectivity index is 2.07. The highest BCUT2D eigenvalue weighted by molar-refractivity contribution is 6.30. The Morgan fingerprint density at radius 1 is 1.29 bits per heavy atom. The molecule has 1 aromatic carbocycles. The van der Waals surface area contributed by atoms with Gasteiger partial charge in [0, 0.05) is 36.1 Å². The molecule has 0 bridgehead atoms. The van der Waals surface area contributed by atoms with Gasteiger partial charge in [-0.1, -0.05) is 18.5 Å². The average molecular weight is 302 g/mol. The van der Waals surface area contributed by atoms with Gasteiger partial charge in [-0.25, -0.2) is 9.97 Å². The van der Waals surface area contributed by atoms with Gasteiger partial charge in [-0.15, -0.1) is 0 Å². The molecular formula is C17H20ClN3. The number of aromatic nitrogens is 2. The zero-order valence-corrected chi connectivity index (χ0v) is 13.5. The fourth-order valence-corrected chi connectivity index (χ4v) is 3.12. The Kier molecular flexibility index (Phi) is 3.85. The molecule has 0 N–H and O–H groups in total. The van der Waals surface area contributed by atoms with Crippen molar-refractivity contribution in [3.8, 4) is 11.4 Å². The van der Waals surface area contributed by atoms with Crippen LogP contribution in [0.1, 0.15) is 30.2 Å². The Morgan fingerprint density at radius 2 is 2.10 bits per heavy atom. The minimum absolute atomic E-state index is 0.562. The molecule has 0 aliphatic carbocycles. The van der Waals surface area contributed by atoms with E-state index in [9.17, 15) is 0 Å². The van der Waals surface area contributed by atoms with E-state index < -0.39 is 0 Å². The van der Waals surface area contributed by atoms with Crippen molar-refractivity contribution in [1.82, 2.24) is 9.97 Å². The third kappa shape index (κ3) is 2.62. The summed E-state index contributed by atoms with van der Waals surface area (Å²) in [6.45, 7) is 5.20. The second-order valence-corrected chi connectivity index (χ2v) is 5.99. The van der Waals surface area contributed by atoms with Gasteiger partial charge in [-0.3, -0.25) is 0 Å². The van der Waals surface area contributed by atoms with E-state index in [2.05, 4.69) is 47.0 Å². The summed E-state index contributed by atoms with van der Waals surface area (Å²) >= 11 is 6.25. The first kappa shape index (κ1) is 14.3. The third-order valence-electron chi connectivity index (χ3n) is 4.21. The summed E-state index contributed by atoms with van der Waals surface area (Å²) in [5.41, 5.74) is 5.76. The Morgan fingerprint density at radius 3 is 2.86 bits per heavy atom. The van der Waals surface area contributed by atoms with Gasteiger partial charge in [0.2, 0.25) is 0 Å². The first-order valence-corrected chi connectivity index (χ1v) is 7.85. The predicted octanol–water partition coefficient (Wildman–Crippen LogP) is 4.05. The highest BCUT2D eigenvalue weighted by atomic mass is 35.5. The van der Waals surface area contributed by atoms with E-state index in [0.717, 1.165) is 42.0 Å². The zero-order valence-electron chi connectivity index (χ0n) is 12.8. The van der Waals surface area contributed by atoms with E-state index in [1.165, 1.54) is 17.7 Å². The molecule has 0 fully saturated rings. The lowest BCUT2D eigenvalue weighted by Crippen LogP contribution is -2.24. The van der Waals surface area contributed by atoms with Crippen molar-refractivity contribution >= 4 is 17.3 Å². The molecule has 3 rings (SSSR count). The summed E-state index contributed by atoms with van der Waals surface area (Å²) in [5, 5.41) is 0.562. The molecule has 0 amide bonds. The van der Waals surface area contributed by atoms with Crippen LogP contribution in [-0.4, -0.2) is 23.6 Å². The highest BCUT2D eigenvalue weighted by Gasteiger charge is 2.16. The van der Waals surface area contributed by atoms with Crippen LogP contribution in [0.15, 0.2) is 18.2 Å². The minimum atomic E-state index is 0.562. The summed E-state index contributed by atoms with van der Waals surface area (Å²) in [6.07, 6.45) is 3.19. The molecule has 2 heterocycles. The summed E-state index contributed by atoms with van der Waals surface area (Å²) in [4.78, 5) is 11.4. The minimum Gasteiger partial charge on any atom is -0.374 e. The SMILES string of the molecule is CCc1nc(-c2ccc3c(c2)CCCN3C)nc(Cl)c1C. The van der Waals surface area contributed by atoms with Gasteiger partial charge in [0.15, 0.2) is 5.82 Å². The normalized spacial score (nSPS) is 14.2. The van der Waals surface area contributed by atoms with Crippen molar-refractivity contribution in [3.63, 3.8) is 0 Å². The van der Waals surface area contributed by atoms with Crippen molar-refractivity contribution in [1.29, 1.82) is 0 Å². The lowest BCUT2D eigenvalue weighted by molar-refractivity contribution is 0.744. The summed E-state index contributed by atoms with van der Waals surface area (Å²) in [5.74, 6) is 0.735. The van der Waals surface area contributed by atoms with E-state index in [-0.39, 0.29) is 0 Å². The summed E-state index contributed by atoms with van der Waals surface area (Å²) < 4.78 is 0. The molecule has 0 unspecified atom stereocenters. The molecule has 2 aromatic rings. The standard InChI is InChI=1S/C17H20ClN3/c1-4-14-11(2)16(18)20-17(19-14)13-7-8-15-12(10-13)6-5-9-21(15)3/h7-8,10H,4-6,9H2,1-3H3. The van der Waals surface area contributed by atoms with Crippen LogP contribution in [-0.2, 0) is 12.8 Å². The van der Waals surface area contributed by atoms with Crippen molar-refractivity contribution in [2.24, 2.45) is 0 Å². The zero-order chi connectivity index (χ0) is 15.0. The van der Waals surface area contributed by atoms with Crippen LogP contribution in [0.2, 0.25) is 5.15 Å². The number of hydrogen-bond donors (Lipinski definition) is 0. The maximum absolute atomic E-state index is 6.25. The van der Waals surface area contributed by atoms with Gasteiger partial charge in [0.05, 0.1) is 0 Å². The summed E-state index contributed by atoms with van der Waals surface area (Å²) in [7, 11) is 2.14. The van der Waals surface area contributed by atoms with Gasteiger partial charge in [-0.2, -0.15) is 0 Å². The number of rotatable bonds is 2. The van der Waals surface area contributed by atoms with Crippen molar-refractivity contribution in [2.75, 3.05) is 18.5 Å².